The van der Waals surface area contributed by atoms with E-state index in [1.54, 1.807) is 0 Å². The van der Waals surface area contributed by atoms with E-state index < -0.39 is 49.1 Å². The summed E-state index contributed by atoms with van der Waals surface area (Å²) < 4.78 is 0. The topological polar surface area (TPSA) is 129 Å². The van der Waals surface area contributed by atoms with Crippen LogP contribution < -0.4 is 0 Å². The molecule has 78 valence electrons. The fourth-order valence-electron chi connectivity index (χ4n) is 4.83. The Morgan fingerprint density at radius 1 is 0.800 bits per heavy atom. The predicted octanol–water partition coefficient (Wildman–Crippen LogP) is -1.06. The van der Waals surface area contributed by atoms with E-state index in [1.165, 1.54) is 0 Å². The van der Waals surface area contributed by atoms with Gasteiger partial charge in [-0.2, -0.15) is 0 Å². The van der Waals surface area contributed by atoms with Crippen LogP contribution in [-0.2, 0) is 0 Å². The summed E-state index contributed by atoms with van der Waals surface area (Å²) >= 11 is 0. The molecule has 0 aliphatic heterocycles. The number of hydrogen-bond donors (Lipinski definition) is 0. The number of nitrogens with zero attached hydrogens (tertiary/aromatic N) is 3. The molecule has 0 amide bonds. The first-order valence-electron chi connectivity index (χ1n) is 4.38. The second kappa shape index (κ2) is 1.31. The second-order valence-electron chi connectivity index (χ2n) is 4.67. The lowest BCUT2D eigenvalue weighted by atomic mass is 9.81. The van der Waals surface area contributed by atoms with Crippen LogP contribution in [0.3, 0.4) is 0 Å². The third kappa shape index (κ3) is 0.273. The molecule has 0 aromatic rings. The standard InChI is InChI=1S/C6H3N3O6/c10-7(11)4-1-2(4)5(8(12)13)3(1)6(4,5)9(14)15/h1-3H. The largest absolute Gasteiger partial charge is 0.370 e. The average Bonchev–Trinajstić information content (AvgIpc) is 2.52. The van der Waals surface area contributed by atoms with E-state index in [2.05, 4.69) is 0 Å². The average molecular weight is 213 g/mol. The van der Waals surface area contributed by atoms with Gasteiger partial charge in [0.2, 0.25) is 0 Å². The van der Waals surface area contributed by atoms with E-state index >= 15 is 0 Å². The molecule has 6 unspecified atom stereocenters. The zero-order valence-electron chi connectivity index (χ0n) is 7.02. The van der Waals surface area contributed by atoms with Crippen molar-refractivity contribution in [3.63, 3.8) is 0 Å². The third-order valence-electron chi connectivity index (χ3n) is 5.02. The van der Waals surface area contributed by atoms with E-state index in [1.807, 2.05) is 0 Å². The fourth-order valence-corrected chi connectivity index (χ4v) is 4.83. The van der Waals surface area contributed by atoms with Crippen LogP contribution in [0.1, 0.15) is 0 Å². The highest BCUT2D eigenvalue weighted by molar-refractivity contribution is 5.71. The number of hydrogen-bond acceptors (Lipinski definition) is 6. The van der Waals surface area contributed by atoms with Crippen molar-refractivity contribution in [1.29, 1.82) is 0 Å². The van der Waals surface area contributed by atoms with Crippen molar-refractivity contribution in [2.45, 2.75) is 16.6 Å². The molecule has 9 nitrogen and oxygen atoms in total. The molecule has 15 heavy (non-hydrogen) atoms. The molecule has 0 saturated heterocycles. The van der Waals surface area contributed by atoms with Crippen molar-refractivity contribution < 1.29 is 14.8 Å². The SMILES string of the molecule is O=[N+]([O-])C12C3C1C1([N+](=O)[O-])C3C21[N+](=O)[O-]. The Bertz CT molecular complexity index is 471. The molecule has 5 aliphatic rings. The van der Waals surface area contributed by atoms with E-state index in [9.17, 15) is 30.3 Å². The van der Waals surface area contributed by atoms with Gasteiger partial charge in [0, 0.05) is 14.8 Å². The van der Waals surface area contributed by atoms with Gasteiger partial charge in [0.1, 0.15) is 11.8 Å². The minimum atomic E-state index is -1.86. The predicted molar refractivity (Wildman–Crippen MR) is 39.6 cm³/mol. The zero-order valence-corrected chi connectivity index (χ0v) is 7.02. The van der Waals surface area contributed by atoms with E-state index in [-0.39, 0.29) is 0 Å². The van der Waals surface area contributed by atoms with E-state index in [0.29, 0.717) is 0 Å². The van der Waals surface area contributed by atoms with Crippen LogP contribution in [0, 0.1) is 48.1 Å². The molecule has 0 spiro atoms. The van der Waals surface area contributed by atoms with Crippen molar-refractivity contribution in [1.82, 2.24) is 0 Å². The third-order valence-corrected chi connectivity index (χ3v) is 5.02. The number of rotatable bonds is 3. The van der Waals surface area contributed by atoms with Crippen LogP contribution in [0.2, 0.25) is 0 Å². The minimum absolute atomic E-state index is 0.400. The number of nitro groups is 3. The molecule has 0 aromatic heterocycles. The van der Waals surface area contributed by atoms with Crippen molar-refractivity contribution in [3.8, 4) is 0 Å². The van der Waals surface area contributed by atoms with Gasteiger partial charge < -0.3 is 0 Å². The quantitative estimate of drug-likeness (QED) is 0.433. The Kier molecular flexibility index (Phi) is 0.653. The normalized spacial score (nSPS) is 64.4. The van der Waals surface area contributed by atoms with E-state index in [0.717, 1.165) is 0 Å². The first kappa shape index (κ1) is 7.49. The summed E-state index contributed by atoms with van der Waals surface area (Å²) in [7, 11) is 0. The van der Waals surface area contributed by atoms with Gasteiger partial charge in [0.25, 0.3) is 0 Å². The molecule has 5 fully saturated rings. The molecule has 0 bridgehead atoms. The smallest absolute Gasteiger partial charge is 0.264 e. The Balaban J connectivity index is 1.90. The van der Waals surface area contributed by atoms with Crippen LogP contribution in [0.5, 0.6) is 0 Å². The van der Waals surface area contributed by atoms with Gasteiger partial charge in [0.15, 0.2) is 0 Å². The highest BCUT2D eigenvalue weighted by Crippen LogP contribution is 3.08. The van der Waals surface area contributed by atoms with Gasteiger partial charge in [-0.1, -0.05) is 0 Å². The van der Waals surface area contributed by atoms with Crippen molar-refractivity contribution >= 4 is 0 Å². The highest BCUT2D eigenvalue weighted by atomic mass is 16.7. The molecule has 0 N–H and O–H groups in total. The van der Waals surface area contributed by atoms with Gasteiger partial charge in [-0.3, -0.25) is 30.3 Å². The van der Waals surface area contributed by atoms with Crippen LogP contribution in [-0.4, -0.2) is 31.4 Å². The summed E-state index contributed by atoms with van der Waals surface area (Å²) in [6.45, 7) is 0. The second-order valence-corrected chi connectivity index (χ2v) is 4.67. The lowest BCUT2D eigenvalue weighted by Crippen LogP contribution is -2.64. The maximum atomic E-state index is 10.8. The maximum absolute atomic E-state index is 10.8. The molecular formula is C6H3N3O6. The Labute approximate surface area is 80.5 Å². The molecule has 0 aromatic carbocycles. The van der Waals surface area contributed by atoms with Crippen LogP contribution in [0.4, 0.5) is 0 Å². The molecule has 0 heterocycles. The summed E-state index contributed by atoms with van der Waals surface area (Å²) in [6, 6.07) is 0. The van der Waals surface area contributed by atoms with Gasteiger partial charge >= 0.3 is 16.6 Å². The highest BCUT2D eigenvalue weighted by Gasteiger charge is 3.42. The van der Waals surface area contributed by atoms with Crippen LogP contribution in [0.25, 0.3) is 0 Å². The Hall–Kier alpha value is -1.80. The summed E-state index contributed by atoms with van der Waals surface area (Å²) in [4.78, 5) is 30.2. The van der Waals surface area contributed by atoms with Gasteiger partial charge in [-0.15, -0.1) is 0 Å². The van der Waals surface area contributed by atoms with Crippen molar-refractivity contribution in [2.24, 2.45) is 17.8 Å². The minimum Gasteiger partial charge on any atom is -0.264 e. The maximum Gasteiger partial charge on any atom is 0.370 e. The lowest BCUT2D eigenvalue weighted by molar-refractivity contribution is -0.714. The van der Waals surface area contributed by atoms with Crippen molar-refractivity contribution in [3.05, 3.63) is 30.3 Å². The van der Waals surface area contributed by atoms with Gasteiger partial charge in [0.05, 0.1) is 5.92 Å². The summed E-state index contributed by atoms with van der Waals surface area (Å²) in [6.07, 6.45) is 0. The monoisotopic (exact) mass is 213 g/mol. The summed E-state index contributed by atoms with van der Waals surface area (Å²) in [5.74, 6) is -1.75. The van der Waals surface area contributed by atoms with Crippen molar-refractivity contribution in [2.75, 3.05) is 0 Å². The lowest BCUT2D eigenvalue weighted by Gasteiger charge is -2.24. The fraction of sp³-hybridized carbons (Fsp3) is 1.00. The molecule has 5 saturated carbocycles. The molecule has 9 heteroatoms. The first-order valence-corrected chi connectivity index (χ1v) is 4.38. The molecule has 6 atom stereocenters. The van der Waals surface area contributed by atoms with Gasteiger partial charge in [-0.25, -0.2) is 0 Å². The zero-order chi connectivity index (χ0) is 11.0. The molecule has 0 radical (unpaired) electrons. The first-order chi connectivity index (χ1) is 6.94. The van der Waals surface area contributed by atoms with Crippen LogP contribution >= 0.6 is 0 Å². The molecule has 5 aliphatic carbocycles. The van der Waals surface area contributed by atoms with Crippen LogP contribution in [0.15, 0.2) is 0 Å². The Morgan fingerprint density at radius 2 is 1.33 bits per heavy atom. The molecule has 5 rings (SSSR count). The van der Waals surface area contributed by atoms with Gasteiger partial charge in [-0.05, 0) is 0 Å². The summed E-state index contributed by atoms with van der Waals surface area (Å²) in [5.41, 5.74) is -5.01. The molecular weight excluding hydrogens is 210 g/mol. The van der Waals surface area contributed by atoms with E-state index in [4.69, 9.17) is 0 Å². The Morgan fingerprint density at radius 3 is 1.67 bits per heavy atom. The summed E-state index contributed by atoms with van der Waals surface area (Å²) in [5, 5.41) is 32.3.